The first kappa shape index (κ1) is 15.7. The van der Waals surface area contributed by atoms with E-state index in [9.17, 15) is 4.79 Å². The van der Waals surface area contributed by atoms with Gasteiger partial charge in [0.15, 0.2) is 0 Å². The summed E-state index contributed by atoms with van der Waals surface area (Å²) in [4.78, 5) is 20.0. The minimum atomic E-state index is -0.402. The summed E-state index contributed by atoms with van der Waals surface area (Å²) in [6, 6.07) is 0.309. The van der Waals surface area contributed by atoms with Crippen molar-refractivity contribution in [2.24, 2.45) is 17.6 Å². The smallest absolute Gasteiger partial charge is 0.341 e. The van der Waals surface area contributed by atoms with Crippen molar-refractivity contribution >= 4 is 5.97 Å². The van der Waals surface area contributed by atoms with Crippen LogP contribution in [0.15, 0.2) is 6.20 Å². The first-order valence-electron chi connectivity index (χ1n) is 7.49. The zero-order valence-electron chi connectivity index (χ0n) is 12.7. The highest BCUT2D eigenvalue weighted by Crippen LogP contribution is 2.31. The molecule has 1 fully saturated rings. The number of ether oxygens (including phenoxy) is 2. The van der Waals surface area contributed by atoms with E-state index in [4.69, 9.17) is 15.2 Å². The van der Waals surface area contributed by atoms with E-state index in [1.165, 1.54) is 19.0 Å². The van der Waals surface area contributed by atoms with Crippen LogP contribution < -0.4 is 10.5 Å². The minimum Gasteiger partial charge on any atom is -0.463 e. The molecule has 0 aromatic carbocycles. The first-order valence-corrected chi connectivity index (χ1v) is 7.49. The zero-order chi connectivity index (χ0) is 15.2. The number of nitrogens with two attached hydrogens (primary N) is 1. The predicted molar refractivity (Wildman–Crippen MR) is 78.1 cm³/mol. The molecule has 2 atom stereocenters. The molecule has 6 heteroatoms. The van der Waals surface area contributed by atoms with E-state index in [1.54, 1.807) is 13.8 Å². The van der Waals surface area contributed by atoms with Gasteiger partial charge in [-0.2, -0.15) is 4.98 Å². The van der Waals surface area contributed by atoms with Crippen molar-refractivity contribution in [1.29, 1.82) is 0 Å². The largest absolute Gasteiger partial charge is 0.463 e. The van der Waals surface area contributed by atoms with Crippen LogP contribution in [0.3, 0.4) is 0 Å². The average molecular weight is 293 g/mol. The number of esters is 1. The summed E-state index contributed by atoms with van der Waals surface area (Å²) < 4.78 is 10.6. The standard InChI is InChI=1S/C15H23N3O3/c1-3-20-14(19)13-8-17-15(18-10(13)2)21-9-12-6-4-5-11(12)7-16/h8,11-12H,3-7,9,16H2,1-2H3. The number of carbonyl (C=O) groups excluding carboxylic acids is 1. The summed E-state index contributed by atoms with van der Waals surface area (Å²) in [7, 11) is 0. The van der Waals surface area contributed by atoms with Gasteiger partial charge in [-0.05, 0) is 45.1 Å². The third kappa shape index (κ3) is 3.91. The Bertz CT molecular complexity index is 493. The van der Waals surface area contributed by atoms with Gasteiger partial charge < -0.3 is 15.2 Å². The molecule has 21 heavy (non-hydrogen) atoms. The molecule has 0 radical (unpaired) electrons. The average Bonchev–Trinajstić information content (AvgIpc) is 2.92. The van der Waals surface area contributed by atoms with Crippen LogP contribution in [0.25, 0.3) is 0 Å². The molecular weight excluding hydrogens is 270 g/mol. The molecule has 0 bridgehead atoms. The lowest BCUT2D eigenvalue weighted by molar-refractivity contribution is 0.0524. The highest BCUT2D eigenvalue weighted by molar-refractivity contribution is 5.90. The minimum absolute atomic E-state index is 0.309. The summed E-state index contributed by atoms with van der Waals surface area (Å²) in [6.45, 7) is 5.13. The Morgan fingerprint density at radius 1 is 1.43 bits per heavy atom. The van der Waals surface area contributed by atoms with Crippen molar-refractivity contribution in [2.75, 3.05) is 19.8 Å². The van der Waals surface area contributed by atoms with Crippen LogP contribution in [0.1, 0.15) is 42.2 Å². The fraction of sp³-hybridized carbons (Fsp3) is 0.667. The molecule has 1 aromatic heterocycles. The van der Waals surface area contributed by atoms with Gasteiger partial charge in [0.05, 0.1) is 24.5 Å². The molecule has 2 N–H and O–H groups in total. The van der Waals surface area contributed by atoms with Crippen LogP contribution in [-0.2, 0) is 4.74 Å². The summed E-state index contributed by atoms with van der Waals surface area (Å²) in [5.74, 6) is 0.606. The summed E-state index contributed by atoms with van der Waals surface area (Å²) in [6.07, 6.45) is 4.98. The number of aryl methyl sites for hydroxylation is 1. The second-order valence-electron chi connectivity index (χ2n) is 5.37. The summed E-state index contributed by atoms with van der Waals surface area (Å²) in [5.41, 5.74) is 6.71. The van der Waals surface area contributed by atoms with Crippen molar-refractivity contribution in [3.63, 3.8) is 0 Å². The number of hydrogen-bond acceptors (Lipinski definition) is 6. The maximum Gasteiger partial charge on any atom is 0.341 e. The van der Waals surface area contributed by atoms with Crippen molar-refractivity contribution in [3.05, 3.63) is 17.5 Å². The van der Waals surface area contributed by atoms with Crippen LogP contribution in [0, 0.1) is 18.8 Å². The number of rotatable bonds is 6. The fourth-order valence-electron chi connectivity index (χ4n) is 2.75. The molecule has 1 aliphatic carbocycles. The van der Waals surface area contributed by atoms with Crippen molar-refractivity contribution in [1.82, 2.24) is 9.97 Å². The molecule has 0 amide bonds. The van der Waals surface area contributed by atoms with Crippen molar-refractivity contribution < 1.29 is 14.3 Å². The van der Waals surface area contributed by atoms with Crippen LogP contribution in [0.5, 0.6) is 6.01 Å². The van der Waals surface area contributed by atoms with Gasteiger partial charge in [0.25, 0.3) is 0 Å². The Morgan fingerprint density at radius 3 is 2.86 bits per heavy atom. The molecule has 0 aliphatic heterocycles. The van der Waals surface area contributed by atoms with Crippen LogP contribution in [0.2, 0.25) is 0 Å². The number of nitrogens with zero attached hydrogens (tertiary/aromatic N) is 2. The Balaban J connectivity index is 1.95. The maximum absolute atomic E-state index is 11.7. The second-order valence-corrected chi connectivity index (χ2v) is 5.37. The molecule has 6 nitrogen and oxygen atoms in total. The van der Waals surface area contributed by atoms with Gasteiger partial charge >= 0.3 is 12.0 Å². The number of carbonyl (C=O) groups is 1. The molecule has 2 rings (SSSR count). The quantitative estimate of drug-likeness (QED) is 0.803. The zero-order valence-corrected chi connectivity index (χ0v) is 12.7. The molecule has 1 aromatic rings. The van der Waals surface area contributed by atoms with E-state index in [0.29, 0.717) is 48.9 Å². The van der Waals surface area contributed by atoms with Gasteiger partial charge in [-0.25, -0.2) is 9.78 Å². The lowest BCUT2D eigenvalue weighted by Gasteiger charge is -2.17. The van der Waals surface area contributed by atoms with Crippen LogP contribution >= 0.6 is 0 Å². The van der Waals surface area contributed by atoms with E-state index in [2.05, 4.69) is 9.97 Å². The molecule has 0 spiro atoms. The number of aromatic nitrogens is 2. The summed E-state index contributed by atoms with van der Waals surface area (Å²) in [5, 5.41) is 0. The van der Waals surface area contributed by atoms with E-state index in [1.807, 2.05) is 0 Å². The van der Waals surface area contributed by atoms with Gasteiger partial charge in [-0.3, -0.25) is 0 Å². The Morgan fingerprint density at radius 2 is 2.19 bits per heavy atom. The molecule has 1 aliphatic rings. The Labute approximate surface area is 125 Å². The predicted octanol–water partition coefficient (Wildman–Crippen LogP) is 1.72. The Kier molecular flexibility index (Phi) is 5.50. The van der Waals surface area contributed by atoms with E-state index >= 15 is 0 Å². The molecule has 0 saturated heterocycles. The lowest BCUT2D eigenvalue weighted by Crippen LogP contribution is -2.23. The SMILES string of the molecule is CCOC(=O)c1cnc(OCC2CCCC2CN)nc1C. The number of hydrogen-bond donors (Lipinski definition) is 1. The third-order valence-electron chi connectivity index (χ3n) is 4.00. The normalized spacial score (nSPS) is 21.3. The third-order valence-corrected chi connectivity index (χ3v) is 4.00. The second kappa shape index (κ2) is 7.36. The topological polar surface area (TPSA) is 87.3 Å². The Hall–Kier alpha value is -1.69. The molecule has 1 heterocycles. The van der Waals surface area contributed by atoms with Gasteiger partial charge in [-0.1, -0.05) is 6.42 Å². The van der Waals surface area contributed by atoms with E-state index in [0.717, 1.165) is 6.42 Å². The molecule has 116 valence electrons. The van der Waals surface area contributed by atoms with Crippen LogP contribution in [0.4, 0.5) is 0 Å². The fourth-order valence-corrected chi connectivity index (χ4v) is 2.75. The molecular formula is C15H23N3O3. The maximum atomic E-state index is 11.7. The van der Waals surface area contributed by atoms with Gasteiger partial charge in [0.2, 0.25) is 0 Å². The van der Waals surface area contributed by atoms with Crippen molar-refractivity contribution in [2.45, 2.75) is 33.1 Å². The highest BCUT2D eigenvalue weighted by Gasteiger charge is 2.26. The monoisotopic (exact) mass is 293 g/mol. The van der Waals surface area contributed by atoms with E-state index in [-0.39, 0.29) is 0 Å². The van der Waals surface area contributed by atoms with Gasteiger partial charge in [0.1, 0.15) is 0 Å². The van der Waals surface area contributed by atoms with Gasteiger partial charge in [-0.15, -0.1) is 0 Å². The van der Waals surface area contributed by atoms with Gasteiger partial charge in [0, 0.05) is 6.20 Å². The highest BCUT2D eigenvalue weighted by atomic mass is 16.5. The molecule has 1 saturated carbocycles. The van der Waals surface area contributed by atoms with Crippen LogP contribution in [-0.4, -0.2) is 35.7 Å². The summed E-state index contributed by atoms with van der Waals surface area (Å²) >= 11 is 0. The lowest BCUT2D eigenvalue weighted by atomic mass is 9.97. The van der Waals surface area contributed by atoms with E-state index < -0.39 is 5.97 Å². The molecule has 2 unspecified atom stereocenters. The first-order chi connectivity index (χ1) is 10.2. The van der Waals surface area contributed by atoms with Crippen molar-refractivity contribution in [3.8, 4) is 6.01 Å².